The highest BCUT2D eigenvalue weighted by Gasteiger charge is 2.41. The summed E-state index contributed by atoms with van der Waals surface area (Å²) < 4.78 is 50.8. The number of anilines is 1. The topological polar surface area (TPSA) is 106 Å². The maximum Gasteiger partial charge on any atom is 0.243 e. The summed E-state index contributed by atoms with van der Waals surface area (Å²) in [4.78, 5) is -0.263. The van der Waals surface area contributed by atoms with Crippen molar-refractivity contribution in [3.8, 4) is 0 Å². The van der Waals surface area contributed by atoms with Gasteiger partial charge in [0, 0.05) is 11.8 Å². The van der Waals surface area contributed by atoms with Crippen molar-refractivity contribution >= 4 is 25.5 Å². The normalized spacial score (nSPS) is 16.9. The number of nitrogen functional groups attached to an aromatic ring is 1. The number of hydrogen-bond acceptors (Lipinski definition) is 5. The molecule has 1 aliphatic carbocycles. The second kappa shape index (κ2) is 4.96. The Kier molecular flexibility index (Phi) is 3.84. The van der Waals surface area contributed by atoms with E-state index in [9.17, 15) is 16.8 Å². The molecule has 1 saturated carbocycles. The lowest BCUT2D eigenvalue weighted by Crippen LogP contribution is -2.45. The van der Waals surface area contributed by atoms with Gasteiger partial charge in [-0.25, -0.2) is 21.6 Å². The third-order valence-corrected chi connectivity index (χ3v) is 6.54. The summed E-state index contributed by atoms with van der Waals surface area (Å²) in [5.74, 6) is 0.298. The van der Waals surface area contributed by atoms with Gasteiger partial charge in [-0.15, -0.1) is 0 Å². The third-order valence-electron chi connectivity index (χ3n) is 3.70. The first-order valence-corrected chi connectivity index (χ1v) is 9.94. The quantitative estimate of drug-likeness (QED) is 0.786. The summed E-state index contributed by atoms with van der Waals surface area (Å²) in [6.07, 6.45) is 2.99. The Morgan fingerprint density at radius 1 is 1.19 bits per heavy atom. The molecule has 0 bridgehead atoms. The lowest BCUT2D eigenvalue weighted by molar-refractivity contribution is 0.400. The minimum Gasteiger partial charge on any atom is -0.398 e. The predicted molar refractivity (Wildman–Crippen MR) is 81.1 cm³/mol. The number of hydrogen-bond donors (Lipinski definition) is 2. The smallest absolute Gasteiger partial charge is 0.243 e. The van der Waals surface area contributed by atoms with Crippen LogP contribution in [0.4, 0.5) is 5.69 Å². The Hall–Kier alpha value is -1.12. The van der Waals surface area contributed by atoms with Crippen molar-refractivity contribution in [2.24, 2.45) is 5.92 Å². The van der Waals surface area contributed by atoms with Gasteiger partial charge in [0.2, 0.25) is 10.0 Å². The molecule has 0 heterocycles. The second-order valence-electron chi connectivity index (χ2n) is 6.07. The molecule has 0 unspecified atom stereocenters. The molecule has 8 heteroatoms. The molecule has 0 saturated heterocycles. The summed E-state index contributed by atoms with van der Waals surface area (Å²) in [7, 11) is -7.37. The molecule has 2 rings (SSSR count). The molecule has 0 aromatic heterocycles. The van der Waals surface area contributed by atoms with E-state index < -0.39 is 25.4 Å². The van der Waals surface area contributed by atoms with Gasteiger partial charge >= 0.3 is 0 Å². The van der Waals surface area contributed by atoms with E-state index in [4.69, 9.17) is 5.73 Å². The summed E-state index contributed by atoms with van der Waals surface area (Å²) in [6.45, 7) is 3.64. The Labute approximate surface area is 125 Å². The van der Waals surface area contributed by atoms with E-state index >= 15 is 0 Å². The molecule has 3 N–H and O–H groups in total. The fourth-order valence-corrected chi connectivity index (χ4v) is 4.62. The van der Waals surface area contributed by atoms with Gasteiger partial charge < -0.3 is 5.73 Å². The van der Waals surface area contributed by atoms with Crippen LogP contribution in [0.2, 0.25) is 0 Å². The first kappa shape index (κ1) is 16.3. The van der Waals surface area contributed by atoms with Crippen LogP contribution in [0.3, 0.4) is 0 Å². The fourth-order valence-electron chi connectivity index (χ4n) is 2.27. The van der Waals surface area contributed by atoms with Crippen molar-refractivity contribution < 1.29 is 16.8 Å². The zero-order valence-corrected chi connectivity index (χ0v) is 13.9. The van der Waals surface area contributed by atoms with E-state index in [0.29, 0.717) is 5.92 Å². The molecule has 1 aromatic rings. The zero-order chi connectivity index (χ0) is 16.1. The van der Waals surface area contributed by atoms with Crippen LogP contribution in [0.25, 0.3) is 0 Å². The summed E-state index contributed by atoms with van der Waals surface area (Å²) in [6, 6.07) is 3.71. The van der Waals surface area contributed by atoms with E-state index in [-0.39, 0.29) is 15.5 Å². The monoisotopic (exact) mass is 332 g/mol. The van der Waals surface area contributed by atoms with Crippen LogP contribution in [-0.4, -0.2) is 28.6 Å². The van der Waals surface area contributed by atoms with Gasteiger partial charge in [0.25, 0.3) is 0 Å². The first-order valence-electron chi connectivity index (χ1n) is 6.57. The maximum absolute atomic E-state index is 12.5. The molecule has 0 aliphatic heterocycles. The van der Waals surface area contributed by atoms with Crippen molar-refractivity contribution in [3.63, 3.8) is 0 Å². The minimum absolute atomic E-state index is 0.0292. The van der Waals surface area contributed by atoms with Crippen molar-refractivity contribution in [1.82, 2.24) is 4.72 Å². The second-order valence-corrected chi connectivity index (χ2v) is 9.74. The average molecular weight is 332 g/mol. The number of nitrogens with one attached hydrogen (secondary N) is 1. The van der Waals surface area contributed by atoms with E-state index in [1.54, 1.807) is 0 Å². The Bertz CT molecular complexity index is 763. The summed E-state index contributed by atoms with van der Waals surface area (Å²) in [5.41, 5.74) is 5.17. The van der Waals surface area contributed by atoms with Crippen molar-refractivity contribution in [3.05, 3.63) is 18.2 Å². The highest BCUT2D eigenvalue weighted by molar-refractivity contribution is 7.91. The molecule has 1 fully saturated rings. The number of sulfonamides is 1. The number of benzene rings is 1. The first-order chi connectivity index (χ1) is 9.43. The van der Waals surface area contributed by atoms with Crippen LogP contribution in [0.5, 0.6) is 0 Å². The van der Waals surface area contributed by atoms with Crippen molar-refractivity contribution in [1.29, 1.82) is 0 Å². The van der Waals surface area contributed by atoms with E-state index in [1.165, 1.54) is 12.1 Å². The molecule has 6 nitrogen and oxygen atoms in total. The summed E-state index contributed by atoms with van der Waals surface area (Å²) >= 11 is 0. The maximum atomic E-state index is 12.5. The Morgan fingerprint density at radius 2 is 1.76 bits per heavy atom. The molecule has 118 valence electrons. The van der Waals surface area contributed by atoms with Gasteiger partial charge in [-0.05, 0) is 50.8 Å². The lowest BCUT2D eigenvalue weighted by atomic mass is 10.0. The molecule has 1 aliphatic rings. The zero-order valence-electron chi connectivity index (χ0n) is 12.3. The number of sulfone groups is 1. The van der Waals surface area contributed by atoms with Crippen LogP contribution >= 0.6 is 0 Å². The van der Waals surface area contributed by atoms with Gasteiger partial charge in [-0.3, -0.25) is 0 Å². The highest BCUT2D eigenvalue weighted by atomic mass is 32.2. The molecule has 0 spiro atoms. The van der Waals surface area contributed by atoms with E-state index in [1.807, 2.05) is 13.8 Å². The van der Waals surface area contributed by atoms with Gasteiger partial charge in [-0.2, -0.15) is 0 Å². The third kappa shape index (κ3) is 3.56. The van der Waals surface area contributed by atoms with Gasteiger partial charge in [0.1, 0.15) is 4.90 Å². The Balaban J connectivity index is 2.44. The Morgan fingerprint density at radius 3 is 2.24 bits per heavy atom. The van der Waals surface area contributed by atoms with Crippen LogP contribution in [-0.2, 0) is 19.9 Å². The largest absolute Gasteiger partial charge is 0.398 e. The molecular formula is C13H20N2O4S2. The summed E-state index contributed by atoms with van der Waals surface area (Å²) in [5, 5.41) is 0. The van der Waals surface area contributed by atoms with Gasteiger partial charge in [0.15, 0.2) is 9.84 Å². The standard InChI is InChI=1S/C13H20N2O4S2/c1-13(2,9-4-5-9)15-21(18,19)12-8-10(20(3,16)17)6-7-11(12)14/h6-9,15H,4-5,14H2,1-3H3. The van der Waals surface area contributed by atoms with Crippen LogP contribution in [0.1, 0.15) is 26.7 Å². The van der Waals surface area contributed by atoms with Crippen molar-refractivity contribution in [2.75, 3.05) is 12.0 Å². The number of nitrogens with two attached hydrogens (primary N) is 1. The number of rotatable bonds is 5. The molecule has 0 atom stereocenters. The molecular weight excluding hydrogens is 312 g/mol. The average Bonchev–Trinajstić information content (AvgIpc) is 3.09. The predicted octanol–water partition coefficient (Wildman–Crippen LogP) is 1.14. The lowest BCUT2D eigenvalue weighted by Gasteiger charge is -2.26. The van der Waals surface area contributed by atoms with Gasteiger partial charge in [0.05, 0.1) is 10.6 Å². The minimum atomic E-state index is -3.88. The van der Waals surface area contributed by atoms with Gasteiger partial charge in [-0.1, -0.05) is 0 Å². The highest BCUT2D eigenvalue weighted by Crippen LogP contribution is 2.40. The molecule has 1 aromatic carbocycles. The molecule has 0 amide bonds. The van der Waals surface area contributed by atoms with E-state index in [0.717, 1.165) is 25.2 Å². The SMILES string of the molecule is CC(C)(NS(=O)(=O)c1cc(S(C)(=O)=O)ccc1N)C1CC1. The molecule has 0 radical (unpaired) electrons. The van der Waals surface area contributed by atoms with Crippen molar-refractivity contribution in [2.45, 2.75) is 42.0 Å². The van der Waals surface area contributed by atoms with Crippen LogP contribution in [0, 0.1) is 5.92 Å². The molecule has 21 heavy (non-hydrogen) atoms. The fraction of sp³-hybridized carbons (Fsp3) is 0.538. The van der Waals surface area contributed by atoms with E-state index in [2.05, 4.69) is 4.72 Å². The van der Waals surface area contributed by atoms with Crippen LogP contribution < -0.4 is 10.5 Å². The van der Waals surface area contributed by atoms with Crippen LogP contribution in [0.15, 0.2) is 28.0 Å².